The molecule has 128 valence electrons. The topological polar surface area (TPSA) is 55.2 Å². The lowest BCUT2D eigenvalue weighted by Gasteiger charge is -2.30. The van der Waals surface area contributed by atoms with Crippen LogP contribution in [-0.4, -0.2) is 41.1 Å². The van der Waals surface area contributed by atoms with E-state index in [-0.39, 0.29) is 0 Å². The van der Waals surface area contributed by atoms with Gasteiger partial charge in [0.25, 0.3) is 0 Å². The lowest BCUT2D eigenvalue weighted by atomic mass is 10.1. The fourth-order valence-electron chi connectivity index (χ4n) is 3.08. The second-order valence-electron chi connectivity index (χ2n) is 5.94. The summed E-state index contributed by atoms with van der Waals surface area (Å²) in [6, 6.07) is 18.6. The predicted molar refractivity (Wildman–Crippen MR) is 98.2 cm³/mol. The summed E-state index contributed by atoms with van der Waals surface area (Å²) >= 11 is 0. The van der Waals surface area contributed by atoms with Gasteiger partial charge in [0.05, 0.1) is 18.9 Å². The molecule has 1 fully saturated rings. The van der Waals surface area contributed by atoms with Crippen LogP contribution in [0.3, 0.4) is 0 Å². The molecule has 0 bridgehead atoms. The van der Waals surface area contributed by atoms with Gasteiger partial charge >= 0.3 is 0 Å². The van der Waals surface area contributed by atoms with Gasteiger partial charge in [-0.3, -0.25) is 4.57 Å². The van der Waals surface area contributed by atoms with E-state index in [1.165, 1.54) is 11.3 Å². The first-order chi connectivity index (χ1) is 12.4. The van der Waals surface area contributed by atoms with Gasteiger partial charge in [-0.05, 0) is 23.8 Å². The van der Waals surface area contributed by atoms with Gasteiger partial charge in [0.2, 0.25) is 5.95 Å². The van der Waals surface area contributed by atoms with Crippen LogP contribution in [0.2, 0.25) is 0 Å². The summed E-state index contributed by atoms with van der Waals surface area (Å²) in [7, 11) is 0. The molecule has 0 atom stereocenters. The summed E-state index contributed by atoms with van der Waals surface area (Å²) in [5.74, 6) is 0.739. The molecule has 0 spiro atoms. The van der Waals surface area contributed by atoms with Crippen LogP contribution in [0.25, 0.3) is 5.69 Å². The molecule has 4 rings (SSSR count). The van der Waals surface area contributed by atoms with Crippen molar-refractivity contribution in [2.75, 3.05) is 36.5 Å². The highest BCUT2D eigenvalue weighted by molar-refractivity contribution is 5.55. The van der Waals surface area contributed by atoms with Gasteiger partial charge in [-0.1, -0.05) is 36.4 Å². The molecule has 0 amide bonds. The zero-order chi connectivity index (χ0) is 16.9. The summed E-state index contributed by atoms with van der Waals surface area (Å²) in [6.45, 7) is 4.11. The molecule has 2 heterocycles. The molecule has 1 aliphatic heterocycles. The SMILES string of the molecule is c1ccc(-n2cnnc2NCc2ccccc2N2CCOCC2)cc1. The van der Waals surface area contributed by atoms with Crippen molar-refractivity contribution in [3.63, 3.8) is 0 Å². The summed E-state index contributed by atoms with van der Waals surface area (Å²) in [6.07, 6.45) is 1.73. The molecule has 3 aromatic rings. The summed E-state index contributed by atoms with van der Waals surface area (Å²) in [5, 5.41) is 11.7. The molecule has 1 N–H and O–H groups in total. The van der Waals surface area contributed by atoms with Crippen LogP contribution in [0, 0.1) is 0 Å². The van der Waals surface area contributed by atoms with E-state index < -0.39 is 0 Å². The van der Waals surface area contributed by atoms with Crippen molar-refractivity contribution < 1.29 is 4.74 Å². The molecule has 6 heteroatoms. The van der Waals surface area contributed by atoms with Crippen LogP contribution < -0.4 is 10.2 Å². The Morgan fingerprint density at radius 2 is 1.72 bits per heavy atom. The van der Waals surface area contributed by atoms with E-state index in [4.69, 9.17) is 4.74 Å². The Bertz CT molecular complexity index is 811. The van der Waals surface area contributed by atoms with Crippen LogP contribution in [0.5, 0.6) is 0 Å². The second-order valence-corrected chi connectivity index (χ2v) is 5.94. The minimum Gasteiger partial charge on any atom is -0.378 e. The van der Waals surface area contributed by atoms with E-state index in [1.807, 2.05) is 34.9 Å². The van der Waals surface area contributed by atoms with Crippen molar-refractivity contribution in [2.24, 2.45) is 0 Å². The van der Waals surface area contributed by atoms with E-state index in [1.54, 1.807) is 6.33 Å². The molecule has 2 aromatic carbocycles. The maximum Gasteiger partial charge on any atom is 0.229 e. The van der Waals surface area contributed by atoms with Crippen molar-refractivity contribution in [3.05, 3.63) is 66.5 Å². The second kappa shape index (κ2) is 7.36. The van der Waals surface area contributed by atoms with Crippen molar-refractivity contribution in [1.82, 2.24) is 14.8 Å². The first-order valence-electron chi connectivity index (χ1n) is 8.52. The minimum atomic E-state index is 0.694. The van der Waals surface area contributed by atoms with Crippen molar-refractivity contribution in [2.45, 2.75) is 6.54 Å². The zero-order valence-corrected chi connectivity index (χ0v) is 14.0. The van der Waals surface area contributed by atoms with Crippen LogP contribution in [-0.2, 0) is 11.3 Å². The van der Waals surface area contributed by atoms with Gasteiger partial charge in [0.15, 0.2) is 0 Å². The maximum atomic E-state index is 5.47. The summed E-state index contributed by atoms with van der Waals surface area (Å²) in [5.41, 5.74) is 3.53. The van der Waals surface area contributed by atoms with E-state index >= 15 is 0 Å². The number of hydrogen-bond donors (Lipinski definition) is 1. The first-order valence-corrected chi connectivity index (χ1v) is 8.52. The average molecular weight is 335 g/mol. The van der Waals surface area contributed by atoms with E-state index in [0.29, 0.717) is 6.54 Å². The molecular formula is C19H21N5O. The molecule has 0 unspecified atom stereocenters. The molecule has 6 nitrogen and oxygen atoms in total. The van der Waals surface area contributed by atoms with E-state index in [9.17, 15) is 0 Å². The number of para-hydroxylation sites is 2. The number of benzene rings is 2. The van der Waals surface area contributed by atoms with Crippen LogP contribution in [0.1, 0.15) is 5.56 Å². The van der Waals surface area contributed by atoms with Gasteiger partial charge in [0, 0.05) is 25.3 Å². The highest BCUT2D eigenvalue weighted by Crippen LogP contribution is 2.23. The third-order valence-electron chi connectivity index (χ3n) is 4.36. The fraction of sp³-hybridized carbons (Fsp3) is 0.263. The van der Waals surface area contributed by atoms with Gasteiger partial charge in [-0.15, -0.1) is 10.2 Å². The molecule has 0 radical (unpaired) electrons. The van der Waals surface area contributed by atoms with Crippen LogP contribution in [0.4, 0.5) is 11.6 Å². The number of morpholine rings is 1. The zero-order valence-electron chi connectivity index (χ0n) is 14.0. The normalized spacial score (nSPS) is 14.5. The Labute approximate surface area is 147 Å². The third kappa shape index (κ3) is 3.49. The van der Waals surface area contributed by atoms with Gasteiger partial charge in [-0.25, -0.2) is 0 Å². The third-order valence-corrected chi connectivity index (χ3v) is 4.36. The van der Waals surface area contributed by atoms with Gasteiger partial charge in [0.1, 0.15) is 6.33 Å². The molecule has 25 heavy (non-hydrogen) atoms. The Morgan fingerprint density at radius 3 is 2.56 bits per heavy atom. The Kier molecular flexibility index (Phi) is 4.61. The summed E-state index contributed by atoms with van der Waals surface area (Å²) < 4.78 is 7.42. The molecule has 1 aromatic heterocycles. The Hall–Kier alpha value is -2.86. The van der Waals surface area contributed by atoms with Crippen molar-refractivity contribution in [3.8, 4) is 5.69 Å². The highest BCUT2D eigenvalue weighted by atomic mass is 16.5. The van der Waals surface area contributed by atoms with E-state index in [0.717, 1.165) is 37.9 Å². The van der Waals surface area contributed by atoms with Crippen molar-refractivity contribution in [1.29, 1.82) is 0 Å². The number of aromatic nitrogens is 3. The fourth-order valence-corrected chi connectivity index (χ4v) is 3.08. The molecule has 1 saturated heterocycles. The quantitative estimate of drug-likeness (QED) is 0.777. The van der Waals surface area contributed by atoms with Crippen LogP contribution in [0.15, 0.2) is 60.9 Å². The number of hydrogen-bond acceptors (Lipinski definition) is 5. The molecule has 1 aliphatic rings. The van der Waals surface area contributed by atoms with Crippen LogP contribution >= 0.6 is 0 Å². The number of nitrogens with one attached hydrogen (secondary N) is 1. The monoisotopic (exact) mass is 335 g/mol. The number of rotatable bonds is 5. The maximum absolute atomic E-state index is 5.47. The number of nitrogens with zero attached hydrogens (tertiary/aromatic N) is 4. The molecular weight excluding hydrogens is 314 g/mol. The standard InChI is InChI=1S/C19H21N5O/c1-2-7-17(8-3-1)24-15-21-22-19(24)20-14-16-6-4-5-9-18(16)23-10-12-25-13-11-23/h1-9,15H,10-14H2,(H,20,22). The number of anilines is 2. The summed E-state index contributed by atoms with van der Waals surface area (Å²) in [4.78, 5) is 2.38. The van der Waals surface area contributed by atoms with Gasteiger partial charge < -0.3 is 15.0 Å². The largest absolute Gasteiger partial charge is 0.378 e. The Balaban J connectivity index is 1.52. The smallest absolute Gasteiger partial charge is 0.229 e. The molecule has 0 saturated carbocycles. The minimum absolute atomic E-state index is 0.694. The predicted octanol–water partition coefficient (Wildman–Crippen LogP) is 2.72. The lowest BCUT2D eigenvalue weighted by molar-refractivity contribution is 0.122. The van der Waals surface area contributed by atoms with Gasteiger partial charge in [-0.2, -0.15) is 0 Å². The Morgan fingerprint density at radius 1 is 0.960 bits per heavy atom. The highest BCUT2D eigenvalue weighted by Gasteiger charge is 2.15. The number of ether oxygens (including phenoxy) is 1. The first kappa shape index (κ1) is 15.7. The van der Waals surface area contributed by atoms with E-state index in [2.05, 4.69) is 44.7 Å². The molecule has 0 aliphatic carbocycles. The average Bonchev–Trinajstić information content (AvgIpc) is 3.17. The lowest BCUT2D eigenvalue weighted by Crippen LogP contribution is -2.36. The van der Waals surface area contributed by atoms with Crippen molar-refractivity contribution >= 4 is 11.6 Å².